The first-order valence-corrected chi connectivity index (χ1v) is 8.90. The van der Waals surface area contributed by atoms with Gasteiger partial charge in [0, 0.05) is 11.9 Å². The fourth-order valence-corrected chi connectivity index (χ4v) is 2.61. The Labute approximate surface area is 159 Å². The summed E-state index contributed by atoms with van der Waals surface area (Å²) in [4.78, 5) is 16.8. The summed E-state index contributed by atoms with van der Waals surface area (Å²) >= 11 is 0. The molecule has 1 aromatic heterocycles. The predicted molar refractivity (Wildman–Crippen MR) is 109 cm³/mol. The molecule has 0 aliphatic rings. The van der Waals surface area contributed by atoms with Crippen LogP contribution >= 0.6 is 0 Å². The third-order valence-electron chi connectivity index (χ3n) is 4.24. The van der Waals surface area contributed by atoms with Crippen LogP contribution in [-0.2, 0) is 0 Å². The zero-order valence-corrected chi connectivity index (χ0v) is 15.7. The van der Waals surface area contributed by atoms with E-state index in [1.807, 2.05) is 37.3 Å². The Morgan fingerprint density at radius 2 is 1.85 bits per heavy atom. The third-order valence-corrected chi connectivity index (χ3v) is 4.24. The van der Waals surface area contributed by atoms with Gasteiger partial charge in [0.05, 0.1) is 17.9 Å². The molecular weight excluding hydrogens is 338 g/mol. The van der Waals surface area contributed by atoms with E-state index in [0.717, 1.165) is 5.69 Å². The summed E-state index contributed by atoms with van der Waals surface area (Å²) in [6.07, 6.45) is 1.56. The van der Waals surface area contributed by atoms with Crippen molar-refractivity contribution >= 4 is 23.1 Å². The van der Waals surface area contributed by atoms with Crippen LogP contribution in [0.1, 0.15) is 28.4 Å². The maximum absolute atomic E-state index is 12.5. The Bertz CT molecular complexity index is 937. The Morgan fingerprint density at radius 3 is 2.56 bits per heavy atom. The number of ether oxygens (including phenoxy) is 1. The van der Waals surface area contributed by atoms with Crippen molar-refractivity contribution in [3.8, 4) is 5.75 Å². The number of amides is 1. The van der Waals surface area contributed by atoms with Gasteiger partial charge in [0.25, 0.3) is 5.91 Å². The molecule has 0 fully saturated rings. The van der Waals surface area contributed by atoms with Crippen LogP contribution in [0.2, 0.25) is 0 Å². The maximum atomic E-state index is 12.5. The first kappa shape index (κ1) is 18.5. The number of nitrogens with one attached hydrogen (secondary N) is 2. The van der Waals surface area contributed by atoms with Gasteiger partial charge < -0.3 is 15.4 Å². The van der Waals surface area contributed by atoms with E-state index in [2.05, 4.69) is 41.6 Å². The average molecular weight is 361 g/mol. The van der Waals surface area contributed by atoms with Gasteiger partial charge >= 0.3 is 0 Å². The maximum Gasteiger partial charge on any atom is 0.257 e. The van der Waals surface area contributed by atoms with Gasteiger partial charge in [0.15, 0.2) is 0 Å². The molecular formula is C22H23N3O2. The highest BCUT2D eigenvalue weighted by atomic mass is 16.5. The fraction of sp³-hybridized carbons (Fsp3) is 0.182. The van der Waals surface area contributed by atoms with Crippen LogP contribution in [-0.4, -0.2) is 17.5 Å². The molecule has 2 N–H and O–H groups in total. The summed E-state index contributed by atoms with van der Waals surface area (Å²) < 4.78 is 5.54. The molecule has 0 saturated heterocycles. The van der Waals surface area contributed by atoms with Gasteiger partial charge in [0.1, 0.15) is 11.6 Å². The van der Waals surface area contributed by atoms with Crippen molar-refractivity contribution in [3.63, 3.8) is 0 Å². The van der Waals surface area contributed by atoms with Crippen molar-refractivity contribution in [3.05, 3.63) is 77.5 Å². The van der Waals surface area contributed by atoms with Crippen LogP contribution in [0.15, 0.2) is 60.8 Å². The number of hydrogen-bond acceptors (Lipinski definition) is 4. The van der Waals surface area contributed by atoms with Gasteiger partial charge in [-0.3, -0.25) is 4.79 Å². The molecule has 0 aliphatic heterocycles. The zero-order chi connectivity index (χ0) is 19.2. The minimum absolute atomic E-state index is 0.229. The second-order valence-electron chi connectivity index (χ2n) is 6.24. The van der Waals surface area contributed by atoms with E-state index in [-0.39, 0.29) is 5.91 Å². The lowest BCUT2D eigenvalue weighted by Gasteiger charge is -2.11. The monoisotopic (exact) mass is 361 g/mol. The van der Waals surface area contributed by atoms with Gasteiger partial charge in [-0.2, -0.15) is 0 Å². The lowest BCUT2D eigenvalue weighted by molar-refractivity contribution is 0.102. The molecule has 1 amide bonds. The van der Waals surface area contributed by atoms with Gasteiger partial charge in [-0.05, 0) is 68.3 Å². The summed E-state index contributed by atoms with van der Waals surface area (Å²) in [5.74, 6) is 1.10. The van der Waals surface area contributed by atoms with E-state index in [9.17, 15) is 4.79 Å². The molecule has 0 atom stereocenters. The number of carbonyl (C=O) groups excluding carboxylic acids is 1. The summed E-state index contributed by atoms with van der Waals surface area (Å²) in [6, 6.07) is 17.0. The van der Waals surface area contributed by atoms with E-state index in [1.165, 1.54) is 11.1 Å². The van der Waals surface area contributed by atoms with Gasteiger partial charge in [-0.1, -0.05) is 18.2 Å². The summed E-state index contributed by atoms with van der Waals surface area (Å²) in [5, 5.41) is 6.12. The number of rotatable bonds is 6. The standard InChI is InChI=1S/C22H23N3O2/c1-4-27-20-8-6-5-7-19(20)25-22(26)17-10-12-21(23-14-17)24-18-11-9-15(2)16(3)13-18/h5-14H,4H2,1-3H3,(H,23,24)(H,25,26). The van der Waals surface area contributed by atoms with Crippen LogP contribution in [0, 0.1) is 13.8 Å². The van der Waals surface area contributed by atoms with Gasteiger partial charge in [-0.25, -0.2) is 4.98 Å². The zero-order valence-electron chi connectivity index (χ0n) is 15.7. The predicted octanol–water partition coefficient (Wildman–Crippen LogP) is 5.09. The quantitative estimate of drug-likeness (QED) is 0.642. The molecule has 2 aromatic carbocycles. The molecule has 1 heterocycles. The van der Waals surface area contributed by atoms with Crippen molar-refractivity contribution in [2.75, 3.05) is 17.2 Å². The molecule has 3 aromatic rings. The number of carbonyl (C=O) groups is 1. The van der Waals surface area contributed by atoms with Crippen molar-refractivity contribution in [2.24, 2.45) is 0 Å². The SMILES string of the molecule is CCOc1ccccc1NC(=O)c1ccc(Nc2ccc(C)c(C)c2)nc1. The Balaban J connectivity index is 1.69. The highest BCUT2D eigenvalue weighted by Gasteiger charge is 2.10. The molecule has 0 radical (unpaired) electrons. The van der Waals surface area contributed by atoms with Crippen molar-refractivity contribution in [1.82, 2.24) is 4.98 Å². The Kier molecular flexibility index (Phi) is 5.71. The lowest BCUT2D eigenvalue weighted by atomic mass is 10.1. The highest BCUT2D eigenvalue weighted by molar-refractivity contribution is 6.04. The molecule has 27 heavy (non-hydrogen) atoms. The second-order valence-corrected chi connectivity index (χ2v) is 6.24. The smallest absolute Gasteiger partial charge is 0.257 e. The lowest BCUT2D eigenvalue weighted by Crippen LogP contribution is -2.13. The third kappa shape index (κ3) is 4.64. The molecule has 0 bridgehead atoms. The molecule has 5 nitrogen and oxygen atoms in total. The highest BCUT2D eigenvalue weighted by Crippen LogP contribution is 2.24. The largest absolute Gasteiger partial charge is 0.492 e. The average Bonchev–Trinajstić information content (AvgIpc) is 2.67. The second kappa shape index (κ2) is 8.36. The van der Waals surface area contributed by atoms with E-state index < -0.39 is 0 Å². The van der Waals surface area contributed by atoms with Crippen LogP contribution in [0.5, 0.6) is 5.75 Å². The number of benzene rings is 2. The first-order valence-electron chi connectivity index (χ1n) is 8.90. The van der Waals surface area contributed by atoms with E-state index in [0.29, 0.717) is 29.4 Å². The molecule has 0 saturated carbocycles. The van der Waals surface area contributed by atoms with Crippen molar-refractivity contribution in [2.45, 2.75) is 20.8 Å². The molecule has 0 aliphatic carbocycles. The molecule has 138 valence electrons. The van der Waals surface area contributed by atoms with E-state index in [1.54, 1.807) is 18.3 Å². The number of anilines is 3. The number of para-hydroxylation sites is 2. The fourth-order valence-electron chi connectivity index (χ4n) is 2.61. The summed E-state index contributed by atoms with van der Waals surface area (Å²) in [6.45, 7) is 6.59. The topological polar surface area (TPSA) is 63.2 Å². The Morgan fingerprint density at radius 1 is 1.04 bits per heavy atom. The minimum atomic E-state index is -0.229. The number of aromatic nitrogens is 1. The van der Waals surface area contributed by atoms with Crippen LogP contribution in [0.3, 0.4) is 0 Å². The van der Waals surface area contributed by atoms with Crippen molar-refractivity contribution < 1.29 is 9.53 Å². The molecule has 3 rings (SSSR count). The molecule has 5 heteroatoms. The Hall–Kier alpha value is -3.34. The van der Waals surface area contributed by atoms with Gasteiger partial charge in [0.2, 0.25) is 0 Å². The first-order chi connectivity index (χ1) is 13.1. The van der Waals surface area contributed by atoms with Crippen LogP contribution in [0.25, 0.3) is 0 Å². The molecule has 0 spiro atoms. The van der Waals surface area contributed by atoms with Crippen molar-refractivity contribution in [1.29, 1.82) is 0 Å². The summed E-state index contributed by atoms with van der Waals surface area (Å²) in [7, 11) is 0. The normalized spacial score (nSPS) is 10.3. The minimum Gasteiger partial charge on any atom is -0.492 e. The molecule has 0 unspecified atom stereocenters. The van der Waals surface area contributed by atoms with Crippen LogP contribution in [0.4, 0.5) is 17.2 Å². The van der Waals surface area contributed by atoms with Crippen LogP contribution < -0.4 is 15.4 Å². The number of pyridine rings is 1. The number of nitrogens with zero attached hydrogens (tertiary/aromatic N) is 1. The summed E-state index contributed by atoms with van der Waals surface area (Å²) in [5.41, 5.74) is 4.54. The van der Waals surface area contributed by atoms with E-state index >= 15 is 0 Å². The van der Waals surface area contributed by atoms with Gasteiger partial charge in [-0.15, -0.1) is 0 Å². The van der Waals surface area contributed by atoms with E-state index in [4.69, 9.17) is 4.74 Å². The number of hydrogen-bond donors (Lipinski definition) is 2. The number of aryl methyl sites for hydroxylation is 2.